The van der Waals surface area contributed by atoms with E-state index >= 15 is 0 Å². The predicted octanol–water partition coefficient (Wildman–Crippen LogP) is 2.02. The van der Waals surface area contributed by atoms with Gasteiger partial charge in [-0.05, 0) is 30.2 Å². The summed E-state index contributed by atoms with van der Waals surface area (Å²) in [5.74, 6) is 1.20. The molecule has 1 fully saturated rings. The molecule has 0 radical (unpaired) electrons. The quantitative estimate of drug-likeness (QED) is 0.807. The molecule has 2 aromatic heterocycles. The molecule has 114 valence electrons. The first-order valence-corrected chi connectivity index (χ1v) is 8.33. The van der Waals surface area contributed by atoms with E-state index in [-0.39, 0.29) is 5.56 Å². The summed E-state index contributed by atoms with van der Waals surface area (Å²) in [5, 5.41) is 15.7. The Morgan fingerprint density at radius 2 is 2.48 bits per heavy atom. The highest BCUT2D eigenvalue weighted by atomic mass is 32.1. The van der Waals surface area contributed by atoms with Crippen LogP contribution in [0, 0.1) is 5.92 Å². The van der Waals surface area contributed by atoms with E-state index in [1.54, 1.807) is 0 Å². The lowest BCUT2D eigenvalue weighted by atomic mass is 9.79. The highest BCUT2D eigenvalue weighted by Gasteiger charge is 2.32. The Morgan fingerprint density at radius 1 is 1.62 bits per heavy atom. The van der Waals surface area contributed by atoms with Crippen molar-refractivity contribution < 1.29 is 5.11 Å². The fourth-order valence-corrected chi connectivity index (χ4v) is 3.94. The number of H-pyrrole nitrogens is 1. The Labute approximate surface area is 127 Å². The summed E-state index contributed by atoms with van der Waals surface area (Å²) in [4.78, 5) is 19.1. The van der Waals surface area contributed by atoms with Crippen LogP contribution in [0.3, 0.4) is 0 Å². The van der Waals surface area contributed by atoms with Crippen molar-refractivity contribution in [2.75, 3.05) is 6.54 Å². The number of nitrogens with one attached hydrogen (secondary N) is 2. The van der Waals surface area contributed by atoms with Gasteiger partial charge < -0.3 is 15.4 Å². The summed E-state index contributed by atoms with van der Waals surface area (Å²) in [6, 6.07) is 1.86. The van der Waals surface area contributed by atoms with Crippen molar-refractivity contribution in [2.45, 2.75) is 44.8 Å². The van der Waals surface area contributed by atoms with Crippen LogP contribution in [0.2, 0.25) is 0 Å². The first-order valence-electron chi connectivity index (χ1n) is 7.45. The minimum absolute atomic E-state index is 0.0863. The molecule has 3 rings (SSSR count). The van der Waals surface area contributed by atoms with Gasteiger partial charge >= 0.3 is 0 Å². The predicted molar refractivity (Wildman–Crippen MR) is 84.5 cm³/mol. The van der Waals surface area contributed by atoms with Gasteiger partial charge in [0.2, 0.25) is 0 Å². The van der Waals surface area contributed by atoms with Gasteiger partial charge in [0.1, 0.15) is 10.5 Å². The van der Waals surface area contributed by atoms with Crippen LogP contribution in [0.4, 0.5) is 0 Å². The molecule has 3 N–H and O–H groups in total. The van der Waals surface area contributed by atoms with Crippen LogP contribution in [0.1, 0.15) is 38.4 Å². The molecule has 1 aliphatic rings. The summed E-state index contributed by atoms with van der Waals surface area (Å²) in [6.07, 6.45) is 3.96. The van der Waals surface area contributed by atoms with E-state index in [0.717, 1.165) is 24.8 Å². The minimum atomic E-state index is -0.621. The van der Waals surface area contributed by atoms with Gasteiger partial charge in [0.05, 0.1) is 17.7 Å². The molecule has 5 nitrogen and oxygen atoms in total. The van der Waals surface area contributed by atoms with Crippen molar-refractivity contribution in [1.29, 1.82) is 0 Å². The van der Waals surface area contributed by atoms with Crippen molar-refractivity contribution in [2.24, 2.45) is 5.92 Å². The van der Waals surface area contributed by atoms with Gasteiger partial charge in [-0.3, -0.25) is 4.79 Å². The average molecular weight is 307 g/mol. The Kier molecular flexibility index (Phi) is 4.10. The summed E-state index contributed by atoms with van der Waals surface area (Å²) >= 11 is 1.40. The number of aromatic amines is 1. The van der Waals surface area contributed by atoms with E-state index in [0.29, 0.717) is 29.5 Å². The van der Waals surface area contributed by atoms with Crippen LogP contribution < -0.4 is 10.9 Å². The second-order valence-electron chi connectivity index (χ2n) is 6.18. The van der Waals surface area contributed by atoms with Crippen LogP contribution in [0.5, 0.6) is 0 Å². The van der Waals surface area contributed by atoms with E-state index < -0.39 is 5.60 Å². The number of aliphatic hydroxyl groups is 1. The number of thiophene rings is 1. The third-order valence-electron chi connectivity index (χ3n) is 4.18. The zero-order chi connectivity index (χ0) is 14.9. The Hall–Kier alpha value is -1.24. The Morgan fingerprint density at radius 3 is 3.29 bits per heavy atom. The minimum Gasteiger partial charge on any atom is -0.389 e. The number of rotatable bonds is 4. The molecule has 0 saturated heterocycles. The van der Waals surface area contributed by atoms with Crippen molar-refractivity contribution in [3.8, 4) is 0 Å². The number of nitrogens with zero attached hydrogens (tertiary/aromatic N) is 1. The lowest BCUT2D eigenvalue weighted by Crippen LogP contribution is -2.44. The van der Waals surface area contributed by atoms with Crippen LogP contribution in [-0.4, -0.2) is 27.2 Å². The molecule has 2 heterocycles. The normalized spacial score (nSPS) is 26.3. The number of hydrogen-bond donors (Lipinski definition) is 3. The summed E-state index contributed by atoms with van der Waals surface area (Å²) in [7, 11) is 0. The lowest BCUT2D eigenvalue weighted by molar-refractivity contribution is -0.0120. The third kappa shape index (κ3) is 3.33. The van der Waals surface area contributed by atoms with Crippen LogP contribution in [0.25, 0.3) is 10.2 Å². The number of aromatic nitrogens is 2. The monoisotopic (exact) mass is 307 g/mol. The lowest BCUT2D eigenvalue weighted by Gasteiger charge is -2.35. The molecule has 1 aliphatic carbocycles. The van der Waals surface area contributed by atoms with Gasteiger partial charge in [-0.2, -0.15) is 0 Å². The third-order valence-corrected chi connectivity index (χ3v) is 5.08. The summed E-state index contributed by atoms with van der Waals surface area (Å²) in [5.41, 5.74) is 0.0344. The van der Waals surface area contributed by atoms with E-state index in [2.05, 4.69) is 22.2 Å². The zero-order valence-corrected chi connectivity index (χ0v) is 13.0. The zero-order valence-electron chi connectivity index (χ0n) is 12.2. The van der Waals surface area contributed by atoms with Gasteiger partial charge in [-0.1, -0.05) is 19.8 Å². The molecule has 0 aromatic carbocycles. The smallest absolute Gasteiger partial charge is 0.268 e. The standard InChI is InChI=1S/C15H21N3O2S/c1-10-3-2-5-15(20,7-10)9-16-8-12-17-11-4-6-21-13(11)14(19)18-12/h4,6,10,16,20H,2-3,5,7-9H2,1H3,(H,17,18,19). The highest BCUT2D eigenvalue weighted by Crippen LogP contribution is 2.31. The maximum Gasteiger partial charge on any atom is 0.268 e. The maximum atomic E-state index is 11.9. The molecule has 0 bridgehead atoms. The molecule has 0 amide bonds. The molecule has 2 aromatic rings. The molecule has 0 spiro atoms. The van der Waals surface area contributed by atoms with E-state index in [1.165, 1.54) is 17.8 Å². The second kappa shape index (κ2) is 5.87. The molecule has 21 heavy (non-hydrogen) atoms. The average Bonchev–Trinajstić information content (AvgIpc) is 2.87. The molecular weight excluding hydrogens is 286 g/mol. The van der Waals surface area contributed by atoms with E-state index in [4.69, 9.17) is 0 Å². The highest BCUT2D eigenvalue weighted by molar-refractivity contribution is 7.17. The fourth-order valence-electron chi connectivity index (χ4n) is 3.21. The topological polar surface area (TPSA) is 78.0 Å². The van der Waals surface area contributed by atoms with Gasteiger partial charge in [0.15, 0.2) is 0 Å². The van der Waals surface area contributed by atoms with Crippen molar-refractivity contribution >= 4 is 21.6 Å². The van der Waals surface area contributed by atoms with Crippen molar-refractivity contribution in [1.82, 2.24) is 15.3 Å². The number of fused-ring (bicyclic) bond motifs is 1. The Balaban J connectivity index is 1.62. The van der Waals surface area contributed by atoms with Gasteiger partial charge in [0.25, 0.3) is 5.56 Å². The van der Waals surface area contributed by atoms with Gasteiger partial charge in [-0.25, -0.2) is 4.98 Å². The van der Waals surface area contributed by atoms with Crippen molar-refractivity contribution in [3.05, 3.63) is 27.6 Å². The maximum absolute atomic E-state index is 11.9. The SMILES string of the molecule is CC1CCCC(O)(CNCc2nc3ccsc3c(=O)[nH]2)C1. The first kappa shape index (κ1) is 14.7. The molecule has 2 unspecified atom stereocenters. The van der Waals surface area contributed by atoms with Crippen LogP contribution >= 0.6 is 11.3 Å². The van der Waals surface area contributed by atoms with Crippen molar-refractivity contribution in [3.63, 3.8) is 0 Å². The largest absolute Gasteiger partial charge is 0.389 e. The second-order valence-corrected chi connectivity index (χ2v) is 7.09. The van der Waals surface area contributed by atoms with Gasteiger partial charge in [-0.15, -0.1) is 11.3 Å². The van der Waals surface area contributed by atoms with Gasteiger partial charge in [0, 0.05) is 6.54 Å². The molecule has 2 atom stereocenters. The summed E-state index contributed by atoms with van der Waals surface area (Å²) in [6.45, 7) is 3.20. The Bertz CT molecular complexity index is 681. The summed E-state index contributed by atoms with van der Waals surface area (Å²) < 4.78 is 0.665. The van der Waals surface area contributed by atoms with E-state index in [1.807, 2.05) is 11.4 Å². The first-order chi connectivity index (χ1) is 10.1. The molecule has 0 aliphatic heterocycles. The molecule has 6 heteroatoms. The van der Waals surface area contributed by atoms with Crippen LogP contribution in [-0.2, 0) is 6.54 Å². The molecule has 1 saturated carbocycles. The fraction of sp³-hybridized carbons (Fsp3) is 0.600. The van der Waals surface area contributed by atoms with E-state index in [9.17, 15) is 9.90 Å². The van der Waals surface area contributed by atoms with Crippen LogP contribution in [0.15, 0.2) is 16.2 Å². The molecular formula is C15H21N3O2S. The number of hydrogen-bond acceptors (Lipinski definition) is 5.